The molecule has 1 aliphatic carbocycles. The Kier molecular flexibility index (Phi) is 3.59. The highest BCUT2D eigenvalue weighted by Crippen LogP contribution is 2.34. The second-order valence-electron chi connectivity index (χ2n) is 4.94. The lowest BCUT2D eigenvalue weighted by Gasteiger charge is -2.17. The van der Waals surface area contributed by atoms with Crippen molar-refractivity contribution >= 4 is 0 Å². The van der Waals surface area contributed by atoms with Gasteiger partial charge in [0, 0.05) is 6.04 Å². The predicted molar refractivity (Wildman–Crippen MR) is 65.0 cm³/mol. The molecule has 2 heteroatoms. The van der Waals surface area contributed by atoms with Crippen molar-refractivity contribution in [2.75, 3.05) is 7.05 Å². The van der Waals surface area contributed by atoms with Crippen LogP contribution in [0.25, 0.3) is 0 Å². The van der Waals surface area contributed by atoms with Gasteiger partial charge >= 0.3 is 0 Å². The van der Waals surface area contributed by atoms with Crippen LogP contribution in [0.4, 0.5) is 4.39 Å². The molecule has 0 aliphatic heterocycles. The molecule has 1 saturated carbocycles. The van der Waals surface area contributed by atoms with Crippen LogP contribution in [-0.4, -0.2) is 13.1 Å². The van der Waals surface area contributed by atoms with Gasteiger partial charge in [-0.1, -0.05) is 18.9 Å². The quantitative estimate of drug-likeness (QED) is 0.805. The Morgan fingerprint density at radius 2 is 2.19 bits per heavy atom. The summed E-state index contributed by atoms with van der Waals surface area (Å²) in [6.45, 7) is 1.99. The van der Waals surface area contributed by atoms with E-state index in [4.69, 9.17) is 0 Å². The van der Waals surface area contributed by atoms with Gasteiger partial charge in [-0.15, -0.1) is 0 Å². The van der Waals surface area contributed by atoms with Crippen LogP contribution in [0.5, 0.6) is 0 Å². The zero-order chi connectivity index (χ0) is 11.5. The molecule has 0 amide bonds. The maximum atomic E-state index is 13.0. The summed E-state index contributed by atoms with van der Waals surface area (Å²) in [7, 11) is 2.02. The molecule has 0 radical (unpaired) electrons. The third kappa shape index (κ3) is 3.05. The fraction of sp³-hybridized carbons (Fsp3) is 0.571. The maximum absolute atomic E-state index is 13.0. The van der Waals surface area contributed by atoms with Gasteiger partial charge in [0.1, 0.15) is 5.82 Å². The molecule has 0 bridgehead atoms. The summed E-state index contributed by atoms with van der Waals surface area (Å²) in [4.78, 5) is 0. The van der Waals surface area contributed by atoms with Crippen molar-refractivity contribution in [3.05, 3.63) is 35.1 Å². The first kappa shape index (κ1) is 11.6. The van der Waals surface area contributed by atoms with Gasteiger partial charge < -0.3 is 5.32 Å². The number of nitrogens with one attached hydrogen (secondary N) is 1. The molecule has 0 saturated heterocycles. The average molecular weight is 221 g/mol. The highest BCUT2D eigenvalue weighted by molar-refractivity contribution is 5.27. The van der Waals surface area contributed by atoms with E-state index in [0.717, 1.165) is 17.9 Å². The molecule has 16 heavy (non-hydrogen) atoms. The number of hydrogen-bond acceptors (Lipinski definition) is 1. The molecule has 0 aromatic heterocycles. The lowest BCUT2D eigenvalue weighted by molar-refractivity contribution is 0.489. The molecule has 0 heterocycles. The van der Waals surface area contributed by atoms with Gasteiger partial charge in [0.05, 0.1) is 0 Å². The van der Waals surface area contributed by atoms with Crippen LogP contribution in [-0.2, 0) is 6.42 Å². The van der Waals surface area contributed by atoms with Gasteiger partial charge in [-0.25, -0.2) is 4.39 Å². The molecule has 1 nitrogen and oxygen atoms in total. The normalized spacial score (nSPS) is 17.4. The van der Waals surface area contributed by atoms with Gasteiger partial charge in [0.2, 0.25) is 0 Å². The van der Waals surface area contributed by atoms with Crippen LogP contribution in [0.15, 0.2) is 18.2 Å². The van der Waals surface area contributed by atoms with Gasteiger partial charge in [0.15, 0.2) is 0 Å². The number of hydrogen-bond donors (Lipinski definition) is 1. The minimum absolute atomic E-state index is 0.135. The van der Waals surface area contributed by atoms with Crippen LogP contribution in [0.2, 0.25) is 0 Å². The van der Waals surface area contributed by atoms with E-state index >= 15 is 0 Å². The lowest BCUT2D eigenvalue weighted by atomic mass is 9.98. The second kappa shape index (κ2) is 4.96. The molecule has 1 N–H and O–H groups in total. The van der Waals surface area contributed by atoms with Crippen molar-refractivity contribution in [3.63, 3.8) is 0 Å². The Bertz CT molecular complexity index is 358. The molecule has 2 rings (SSSR count). The van der Waals surface area contributed by atoms with Crippen LogP contribution < -0.4 is 5.32 Å². The Morgan fingerprint density at radius 3 is 2.75 bits per heavy atom. The third-order valence-electron chi connectivity index (χ3n) is 3.49. The van der Waals surface area contributed by atoms with Gasteiger partial charge in [-0.3, -0.25) is 0 Å². The van der Waals surface area contributed by atoms with Crippen LogP contribution in [0.3, 0.4) is 0 Å². The first-order valence-corrected chi connectivity index (χ1v) is 6.11. The molecule has 1 unspecified atom stereocenters. The van der Waals surface area contributed by atoms with E-state index in [-0.39, 0.29) is 5.82 Å². The van der Waals surface area contributed by atoms with Crippen molar-refractivity contribution < 1.29 is 4.39 Å². The first-order valence-electron chi connectivity index (χ1n) is 6.11. The topological polar surface area (TPSA) is 12.0 Å². The predicted octanol–water partition coefficient (Wildman–Crippen LogP) is 3.06. The monoisotopic (exact) mass is 221 g/mol. The number of rotatable bonds is 5. The van der Waals surface area contributed by atoms with Crippen LogP contribution >= 0.6 is 0 Å². The van der Waals surface area contributed by atoms with E-state index in [1.54, 1.807) is 12.1 Å². The van der Waals surface area contributed by atoms with E-state index in [2.05, 4.69) is 5.32 Å². The van der Waals surface area contributed by atoms with Gasteiger partial charge in [-0.05, 0) is 56.0 Å². The maximum Gasteiger partial charge on any atom is 0.123 e. The van der Waals surface area contributed by atoms with Crippen LogP contribution in [0, 0.1) is 18.7 Å². The van der Waals surface area contributed by atoms with E-state index < -0.39 is 0 Å². The van der Waals surface area contributed by atoms with E-state index in [1.807, 2.05) is 20.0 Å². The lowest BCUT2D eigenvalue weighted by Crippen LogP contribution is -2.28. The van der Waals surface area contributed by atoms with Crippen molar-refractivity contribution in [2.24, 2.45) is 5.92 Å². The van der Waals surface area contributed by atoms with E-state index in [1.165, 1.54) is 24.8 Å². The summed E-state index contributed by atoms with van der Waals surface area (Å²) in [6.07, 6.45) is 5.05. The largest absolute Gasteiger partial charge is 0.317 e. The summed E-state index contributed by atoms with van der Waals surface area (Å²) in [6, 6.07) is 5.64. The van der Waals surface area contributed by atoms with E-state index in [9.17, 15) is 4.39 Å². The van der Waals surface area contributed by atoms with E-state index in [0.29, 0.717) is 6.04 Å². The summed E-state index contributed by atoms with van der Waals surface area (Å²) < 4.78 is 13.0. The first-order chi connectivity index (χ1) is 7.69. The molecule has 1 aromatic rings. The Balaban J connectivity index is 1.99. The zero-order valence-electron chi connectivity index (χ0n) is 10.1. The van der Waals surface area contributed by atoms with Crippen molar-refractivity contribution in [1.82, 2.24) is 5.32 Å². The summed E-state index contributed by atoms with van der Waals surface area (Å²) in [5.74, 6) is 0.794. The number of aryl methyl sites for hydroxylation is 1. The number of halogens is 1. The molecular weight excluding hydrogens is 201 g/mol. The smallest absolute Gasteiger partial charge is 0.123 e. The van der Waals surface area contributed by atoms with Crippen molar-refractivity contribution in [1.29, 1.82) is 0 Å². The summed E-state index contributed by atoms with van der Waals surface area (Å²) >= 11 is 0. The molecule has 1 aromatic carbocycles. The highest BCUT2D eigenvalue weighted by atomic mass is 19.1. The molecule has 1 fully saturated rings. The van der Waals surface area contributed by atoms with Crippen LogP contribution in [0.1, 0.15) is 30.4 Å². The molecule has 1 atom stereocenters. The Morgan fingerprint density at radius 1 is 1.44 bits per heavy atom. The molecule has 0 spiro atoms. The number of benzene rings is 1. The third-order valence-corrected chi connectivity index (χ3v) is 3.49. The Hall–Kier alpha value is -0.890. The minimum Gasteiger partial charge on any atom is -0.317 e. The molecular formula is C14H20FN. The van der Waals surface area contributed by atoms with Crippen molar-refractivity contribution in [3.8, 4) is 0 Å². The zero-order valence-corrected chi connectivity index (χ0v) is 10.1. The minimum atomic E-state index is -0.135. The average Bonchev–Trinajstić information content (AvgIpc) is 3.04. The highest BCUT2D eigenvalue weighted by Gasteiger charge is 2.24. The summed E-state index contributed by atoms with van der Waals surface area (Å²) in [5.41, 5.74) is 2.33. The fourth-order valence-electron chi connectivity index (χ4n) is 2.21. The number of likely N-dealkylation sites (N-methyl/N-ethyl adjacent to an activating group) is 1. The molecule has 1 aliphatic rings. The van der Waals surface area contributed by atoms with Gasteiger partial charge in [-0.2, -0.15) is 0 Å². The molecule has 88 valence electrons. The van der Waals surface area contributed by atoms with Crippen molar-refractivity contribution in [2.45, 2.75) is 38.6 Å². The second-order valence-corrected chi connectivity index (χ2v) is 4.94. The van der Waals surface area contributed by atoms with Gasteiger partial charge in [0.25, 0.3) is 0 Å². The fourth-order valence-corrected chi connectivity index (χ4v) is 2.21. The Labute approximate surface area is 97.1 Å². The summed E-state index contributed by atoms with van der Waals surface area (Å²) in [5, 5.41) is 3.37. The SMILES string of the molecule is CNC(Cc1ccc(F)cc1C)CC1CC1. The standard InChI is InChI=1S/C14H20FN/c1-10-7-13(15)6-5-12(10)9-14(16-2)8-11-3-4-11/h5-7,11,14,16H,3-4,8-9H2,1-2H3.